The number of nitrogens with zero attached hydrogens (tertiary/aromatic N) is 3. The van der Waals surface area contributed by atoms with Crippen LogP contribution in [0.15, 0.2) is 77.7 Å². The van der Waals surface area contributed by atoms with Crippen molar-refractivity contribution < 1.29 is 22.7 Å². The Hall–Kier alpha value is -3.82. The van der Waals surface area contributed by atoms with E-state index in [0.717, 1.165) is 16.2 Å². The summed E-state index contributed by atoms with van der Waals surface area (Å²) in [5.74, 6) is -0.414. The summed E-state index contributed by atoms with van der Waals surface area (Å²) >= 11 is 0. The van der Waals surface area contributed by atoms with Crippen LogP contribution in [0.2, 0.25) is 0 Å². The molecule has 8 nitrogen and oxygen atoms in total. The Labute approximate surface area is 210 Å². The molecule has 0 radical (unpaired) electrons. The van der Waals surface area contributed by atoms with Crippen molar-refractivity contribution in [1.82, 2.24) is 13.9 Å². The summed E-state index contributed by atoms with van der Waals surface area (Å²) in [5, 5.41) is 0. The van der Waals surface area contributed by atoms with E-state index in [2.05, 4.69) is 4.98 Å². The number of aryl methyl sites for hydroxylation is 1. The van der Waals surface area contributed by atoms with Gasteiger partial charge in [0.1, 0.15) is 12.4 Å². The number of esters is 1. The number of carbonyl (C=O) groups excluding carboxylic acids is 2. The number of ketones is 1. The number of hydrogen-bond acceptors (Lipinski definition) is 6. The molecule has 0 bridgehead atoms. The Morgan fingerprint density at radius 3 is 2.28 bits per heavy atom. The van der Waals surface area contributed by atoms with Crippen molar-refractivity contribution in [2.45, 2.75) is 31.4 Å². The molecular formula is C27H27N3O5S. The Balaban J connectivity index is 1.62. The minimum absolute atomic E-state index is 0.128. The van der Waals surface area contributed by atoms with Gasteiger partial charge in [-0.1, -0.05) is 55.5 Å². The van der Waals surface area contributed by atoms with Gasteiger partial charge in [-0.2, -0.15) is 0 Å². The van der Waals surface area contributed by atoms with Gasteiger partial charge in [-0.05, 0) is 30.7 Å². The van der Waals surface area contributed by atoms with Crippen LogP contribution in [0.5, 0.6) is 0 Å². The van der Waals surface area contributed by atoms with Gasteiger partial charge < -0.3 is 9.30 Å². The normalized spacial score (nSPS) is 11.7. The largest absolute Gasteiger partial charge is 0.454 e. The minimum Gasteiger partial charge on any atom is -0.454 e. The summed E-state index contributed by atoms with van der Waals surface area (Å²) in [5.41, 5.74) is 2.15. The van der Waals surface area contributed by atoms with Crippen LogP contribution in [-0.2, 0) is 27.9 Å². The summed E-state index contributed by atoms with van der Waals surface area (Å²) in [4.78, 5) is 30.7. The molecule has 36 heavy (non-hydrogen) atoms. The molecular weight excluding hydrogens is 478 g/mol. The molecule has 0 fully saturated rings. The molecule has 0 unspecified atom stereocenters. The van der Waals surface area contributed by atoms with Crippen LogP contribution in [-0.4, -0.2) is 48.1 Å². The highest BCUT2D eigenvalue weighted by Crippen LogP contribution is 2.23. The number of imidazole rings is 1. The first-order valence-electron chi connectivity index (χ1n) is 11.5. The van der Waals surface area contributed by atoms with Gasteiger partial charge in [-0.25, -0.2) is 22.5 Å². The highest BCUT2D eigenvalue weighted by Gasteiger charge is 2.22. The Morgan fingerprint density at radius 1 is 0.944 bits per heavy atom. The van der Waals surface area contributed by atoms with Gasteiger partial charge in [0.25, 0.3) is 0 Å². The number of ether oxygens (including phenoxy) is 1. The quantitative estimate of drug-likeness (QED) is 0.249. The van der Waals surface area contributed by atoms with Crippen molar-refractivity contribution >= 4 is 32.8 Å². The average Bonchev–Trinajstić information content (AvgIpc) is 3.24. The van der Waals surface area contributed by atoms with Crippen molar-refractivity contribution in [2.24, 2.45) is 0 Å². The zero-order valence-corrected chi connectivity index (χ0v) is 21.2. The molecule has 3 aromatic carbocycles. The number of rotatable bonds is 9. The summed E-state index contributed by atoms with van der Waals surface area (Å²) in [6.45, 7) is 2.50. The van der Waals surface area contributed by atoms with E-state index in [1.807, 2.05) is 17.6 Å². The molecule has 4 rings (SSSR count). The second kappa shape index (κ2) is 10.4. The standard InChI is InChI=1S/C27H27N3O5S/c1-4-16-30-24-15-14-20(36(33,34)29(2)3)17-23(24)28-25(30)18-35-27(32)22-13-9-8-12-21(22)26(31)19-10-6-5-7-11-19/h5-15,17H,4,16,18H2,1-3H3. The van der Waals surface area contributed by atoms with Crippen LogP contribution in [0.4, 0.5) is 0 Å². The molecule has 1 aromatic heterocycles. The van der Waals surface area contributed by atoms with Crippen molar-refractivity contribution in [3.63, 3.8) is 0 Å². The van der Waals surface area contributed by atoms with Crippen molar-refractivity contribution in [3.8, 4) is 0 Å². The van der Waals surface area contributed by atoms with Crippen LogP contribution >= 0.6 is 0 Å². The van der Waals surface area contributed by atoms with Crippen molar-refractivity contribution in [2.75, 3.05) is 14.1 Å². The molecule has 0 spiro atoms. The van der Waals surface area contributed by atoms with E-state index in [0.29, 0.717) is 23.4 Å². The van der Waals surface area contributed by atoms with Crippen molar-refractivity contribution in [3.05, 3.63) is 95.3 Å². The lowest BCUT2D eigenvalue weighted by Crippen LogP contribution is -2.22. The van der Waals surface area contributed by atoms with Crippen LogP contribution in [0.25, 0.3) is 11.0 Å². The van der Waals surface area contributed by atoms with E-state index in [4.69, 9.17) is 4.74 Å². The molecule has 4 aromatic rings. The second-order valence-corrected chi connectivity index (χ2v) is 10.6. The zero-order valence-electron chi connectivity index (χ0n) is 20.3. The Kier molecular flexibility index (Phi) is 7.32. The van der Waals surface area contributed by atoms with E-state index in [9.17, 15) is 18.0 Å². The fourth-order valence-corrected chi connectivity index (χ4v) is 4.85. The monoisotopic (exact) mass is 505 g/mol. The molecule has 0 aliphatic carbocycles. The van der Waals surface area contributed by atoms with Gasteiger partial charge >= 0.3 is 5.97 Å². The van der Waals surface area contributed by atoms with Crippen LogP contribution in [0, 0.1) is 0 Å². The molecule has 0 aliphatic rings. The number of benzene rings is 3. The molecule has 1 heterocycles. The summed E-state index contributed by atoms with van der Waals surface area (Å²) in [7, 11) is -0.670. The molecule has 0 saturated heterocycles. The maximum absolute atomic E-state index is 13.0. The minimum atomic E-state index is -3.62. The molecule has 0 saturated carbocycles. The predicted octanol–water partition coefficient (Wildman–Crippen LogP) is 4.28. The third kappa shape index (κ3) is 4.93. The highest BCUT2D eigenvalue weighted by molar-refractivity contribution is 7.89. The number of hydrogen-bond donors (Lipinski definition) is 0. The Bertz CT molecular complexity index is 1530. The zero-order chi connectivity index (χ0) is 25.9. The first-order chi connectivity index (χ1) is 17.2. The van der Waals surface area contributed by atoms with E-state index in [-0.39, 0.29) is 28.4 Å². The van der Waals surface area contributed by atoms with Crippen molar-refractivity contribution in [1.29, 1.82) is 0 Å². The summed E-state index contributed by atoms with van der Waals surface area (Å²) < 4.78 is 33.7. The molecule has 0 aliphatic heterocycles. The first-order valence-corrected chi connectivity index (χ1v) is 13.0. The lowest BCUT2D eigenvalue weighted by Gasteiger charge is -2.12. The smallest absolute Gasteiger partial charge is 0.339 e. The fourth-order valence-electron chi connectivity index (χ4n) is 3.93. The van der Waals surface area contributed by atoms with E-state index < -0.39 is 16.0 Å². The van der Waals surface area contributed by atoms with Gasteiger partial charge in [-0.3, -0.25) is 4.79 Å². The maximum atomic E-state index is 13.0. The lowest BCUT2D eigenvalue weighted by atomic mass is 9.98. The van der Waals surface area contributed by atoms with Gasteiger partial charge in [-0.15, -0.1) is 0 Å². The molecule has 0 atom stereocenters. The number of carbonyl (C=O) groups is 2. The molecule has 186 valence electrons. The van der Waals surface area contributed by atoms with Gasteiger partial charge in [0, 0.05) is 31.8 Å². The van der Waals surface area contributed by atoms with E-state index in [1.165, 1.54) is 20.2 Å². The predicted molar refractivity (Wildman–Crippen MR) is 136 cm³/mol. The SMILES string of the molecule is CCCn1c(COC(=O)c2ccccc2C(=O)c2ccccc2)nc2cc(S(=O)(=O)N(C)C)ccc21. The third-order valence-corrected chi connectivity index (χ3v) is 7.60. The number of aromatic nitrogens is 2. The topological polar surface area (TPSA) is 98.6 Å². The van der Waals surface area contributed by atoms with Gasteiger partial charge in [0.05, 0.1) is 21.5 Å². The fraction of sp³-hybridized carbons (Fsp3) is 0.222. The maximum Gasteiger partial charge on any atom is 0.339 e. The van der Waals surface area contributed by atoms with Gasteiger partial charge in [0.15, 0.2) is 5.78 Å². The van der Waals surface area contributed by atoms with Crippen LogP contribution < -0.4 is 0 Å². The van der Waals surface area contributed by atoms with E-state index >= 15 is 0 Å². The lowest BCUT2D eigenvalue weighted by molar-refractivity contribution is 0.0456. The summed E-state index contributed by atoms with van der Waals surface area (Å²) in [6.07, 6.45) is 0.804. The summed E-state index contributed by atoms with van der Waals surface area (Å²) in [6, 6.07) is 20.1. The highest BCUT2D eigenvalue weighted by atomic mass is 32.2. The van der Waals surface area contributed by atoms with E-state index in [1.54, 1.807) is 60.7 Å². The molecule has 0 amide bonds. The van der Waals surface area contributed by atoms with Crippen LogP contribution in [0.1, 0.15) is 45.4 Å². The first kappa shape index (κ1) is 25.3. The number of fused-ring (bicyclic) bond motifs is 1. The third-order valence-electron chi connectivity index (χ3n) is 5.78. The Morgan fingerprint density at radius 2 is 1.61 bits per heavy atom. The molecule has 0 N–H and O–H groups in total. The second-order valence-electron chi connectivity index (χ2n) is 8.43. The average molecular weight is 506 g/mol. The van der Waals surface area contributed by atoms with Gasteiger partial charge in [0.2, 0.25) is 10.0 Å². The van der Waals surface area contributed by atoms with Crippen LogP contribution in [0.3, 0.4) is 0 Å². The molecule has 9 heteroatoms. The number of sulfonamides is 1.